The van der Waals surface area contributed by atoms with E-state index in [0.29, 0.717) is 26.1 Å². The van der Waals surface area contributed by atoms with Crippen molar-refractivity contribution in [1.82, 2.24) is 0 Å². The van der Waals surface area contributed by atoms with E-state index in [9.17, 15) is 15.2 Å². The largest absolute Gasteiger partial charge is 0.388 e. The molecule has 0 saturated carbocycles. The molecule has 8 nitrogen and oxygen atoms in total. The summed E-state index contributed by atoms with van der Waals surface area (Å²) in [7, 11) is 0. The van der Waals surface area contributed by atoms with Gasteiger partial charge in [0.1, 0.15) is 24.4 Å². The van der Waals surface area contributed by atoms with E-state index in [0.717, 1.165) is 0 Å². The molecule has 104 valence electrons. The highest BCUT2D eigenvalue weighted by molar-refractivity contribution is 4.94. The van der Waals surface area contributed by atoms with Crippen LogP contribution in [0.15, 0.2) is 0 Å². The topological polar surface area (TPSA) is 100 Å². The number of ether oxygens (including phenoxy) is 3. The molecule has 2 aliphatic rings. The summed E-state index contributed by atoms with van der Waals surface area (Å²) < 4.78 is 16.4. The number of unbranched alkanes of at least 4 members (excludes halogenated alkanes) is 1. The standard InChI is InChI=1S/C10H17NO7/c12-7-5-16-10-8(6-17-9(7)10)15-3-1-2-4-18-11(13)14/h7-10,12H,1-6H2/t7-,8+,9-,10-/m1/s1. The number of nitrogens with zero attached hydrogens (tertiary/aromatic N) is 1. The molecule has 0 unspecified atom stereocenters. The molecular formula is C10H17NO7. The van der Waals surface area contributed by atoms with E-state index < -0.39 is 11.2 Å². The van der Waals surface area contributed by atoms with Crippen molar-refractivity contribution in [3.05, 3.63) is 10.1 Å². The third-order valence-corrected chi connectivity index (χ3v) is 3.05. The first-order chi connectivity index (χ1) is 8.68. The monoisotopic (exact) mass is 263 g/mol. The van der Waals surface area contributed by atoms with Crippen LogP contribution in [0, 0.1) is 10.1 Å². The van der Waals surface area contributed by atoms with Gasteiger partial charge in [0.2, 0.25) is 0 Å². The molecule has 0 spiro atoms. The lowest BCUT2D eigenvalue weighted by Crippen LogP contribution is -2.33. The highest BCUT2D eigenvalue weighted by Gasteiger charge is 2.47. The predicted molar refractivity (Wildman–Crippen MR) is 57.4 cm³/mol. The van der Waals surface area contributed by atoms with Crippen LogP contribution in [0.3, 0.4) is 0 Å². The molecule has 2 heterocycles. The molecule has 8 heteroatoms. The van der Waals surface area contributed by atoms with E-state index in [1.54, 1.807) is 0 Å². The molecule has 0 aromatic rings. The molecular weight excluding hydrogens is 246 g/mol. The number of aliphatic hydroxyl groups excluding tert-OH is 1. The van der Waals surface area contributed by atoms with Gasteiger partial charge in [-0.05, 0) is 12.8 Å². The Morgan fingerprint density at radius 3 is 2.72 bits per heavy atom. The summed E-state index contributed by atoms with van der Waals surface area (Å²) in [5.74, 6) is 0. The van der Waals surface area contributed by atoms with Crippen LogP contribution in [0.5, 0.6) is 0 Å². The number of aliphatic hydroxyl groups is 1. The van der Waals surface area contributed by atoms with Crippen LogP contribution < -0.4 is 0 Å². The van der Waals surface area contributed by atoms with Crippen molar-refractivity contribution >= 4 is 0 Å². The minimum absolute atomic E-state index is 0.0821. The average molecular weight is 263 g/mol. The molecule has 0 bridgehead atoms. The Morgan fingerprint density at radius 2 is 1.94 bits per heavy atom. The maximum absolute atomic E-state index is 9.89. The fourth-order valence-corrected chi connectivity index (χ4v) is 2.16. The van der Waals surface area contributed by atoms with Crippen LogP contribution in [0.4, 0.5) is 0 Å². The molecule has 0 radical (unpaired) electrons. The van der Waals surface area contributed by atoms with Crippen LogP contribution >= 0.6 is 0 Å². The fourth-order valence-electron chi connectivity index (χ4n) is 2.16. The molecule has 0 aromatic heterocycles. The maximum Gasteiger partial charge on any atom is 0.294 e. The molecule has 18 heavy (non-hydrogen) atoms. The van der Waals surface area contributed by atoms with Crippen molar-refractivity contribution in [3.8, 4) is 0 Å². The Bertz CT molecular complexity index is 287. The zero-order chi connectivity index (χ0) is 13.0. The Labute approximate surface area is 104 Å². The van der Waals surface area contributed by atoms with Gasteiger partial charge in [-0.2, -0.15) is 0 Å². The summed E-state index contributed by atoms with van der Waals surface area (Å²) in [6, 6.07) is 0. The van der Waals surface area contributed by atoms with Gasteiger partial charge in [-0.3, -0.25) is 0 Å². The number of rotatable bonds is 7. The van der Waals surface area contributed by atoms with E-state index in [-0.39, 0.29) is 31.5 Å². The van der Waals surface area contributed by atoms with Gasteiger partial charge in [0.15, 0.2) is 0 Å². The zero-order valence-electron chi connectivity index (χ0n) is 9.90. The minimum atomic E-state index is -0.802. The van der Waals surface area contributed by atoms with E-state index in [1.165, 1.54) is 0 Å². The molecule has 2 fully saturated rings. The first kappa shape index (κ1) is 13.5. The summed E-state index contributed by atoms with van der Waals surface area (Å²) in [5.41, 5.74) is 0. The number of fused-ring (bicyclic) bond motifs is 1. The van der Waals surface area contributed by atoms with Crippen LogP contribution in [-0.4, -0.2) is 61.0 Å². The molecule has 1 N–H and O–H groups in total. The summed E-state index contributed by atoms with van der Waals surface area (Å²) in [5, 5.41) is 18.6. The number of hydrogen-bond donors (Lipinski definition) is 1. The SMILES string of the molecule is O=[N+]([O-])OCCCCO[C@H]1CO[C@H]2[C@@H]1OC[C@H]2O. The van der Waals surface area contributed by atoms with Gasteiger partial charge < -0.3 is 24.2 Å². The van der Waals surface area contributed by atoms with Gasteiger partial charge in [-0.1, -0.05) is 0 Å². The van der Waals surface area contributed by atoms with Crippen molar-refractivity contribution in [2.45, 2.75) is 37.3 Å². The molecule has 2 aliphatic heterocycles. The van der Waals surface area contributed by atoms with Gasteiger partial charge in [-0.25, -0.2) is 0 Å². The Morgan fingerprint density at radius 1 is 1.22 bits per heavy atom. The van der Waals surface area contributed by atoms with Crippen molar-refractivity contribution < 1.29 is 29.2 Å². The Kier molecular flexibility index (Phi) is 4.70. The van der Waals surface area contributed by atoms with Crippen LogP contribution in [0.1, 0.15) is 12.8 Å². The van der Waals surface area contributed by atoms with Crippen molar-refractivity contribution in [2.75, 3.05) is 26.4 Å². The Balaban J connectivity index is 1.56. The zero-order valence-corrected chi connectivity index (χ0v) is 9.90. The van der Waals surface area contributed by atoms with E-state index in [1.807, 2.05) is 0 Å². The normalized spacial score (nSPS) is 34.5. The van der Waals surface area contributed by atoms with Gasteiger partial charge in [-0.15, -0.1) is 10.1 Å². The Hall–Kier alpha value is -0.960. The van der Waals surface area contributed by atoms with Crippen molar-refractivity contribution in [1.29, 1.82) is 0 Å². The second kappa shape index (κ2) is 6.28. The second-order valence-corrected chi connectivity index (χ2v) is 4.34. The average Bonchev–Trinajstić information content (AvgIpc) is 2.88. The van der Waals surface area contributed by atoms with Crippen molar-refractivity contribution in [3.63, 3.8) is 0 Å². The summed E-state index contributed by atoms with van der Waals surface area (Å²) in [6.07, 6.45) is 0.0136. The molecule has 0 amide bonds. The summed E-state index contributed by atoms with van der Waals surface area (Å²) in [4.78, 5) is 14.1. The van der Waals surface area contributed by atoms with E-state index >= 15 is 0 Å². The summed E-state index contributed by atoms with van der Waals surface area (Å²) in [6.45, 7) is 1.25. The third kappa shape index (κ3) is 3.29. The fraction of sp³-hybridized carbons (Fsp3) is 1.00. The van der Waals surface area contributed by atoms with Crippen molar-refractivity contribution in [2.24, 2.45) is 0 Å². The molecule has 4 atom stereocenters. The van der Waals surface area contributed by atoms with Crippen LogP contribution in [0.2, 0.25) is 0 Å². The smallest absolute Gasteiger partial charge is 0.294 e. The van der Waals surface area contributed by atoms with Gasteiger partial charge in [0.05, 0.1) is 19.8 Å². The van der Waals surface area contributed by atoms with E-state index in [4.69, 9.17) is 14.2 Å². The lowest BCUT2D eigenvalue weighted by atomic mass is 10.1. The predicted octanol–water partition coefficient (Wildman–Crippen LogP) is -0.481. The summed E-state index contributed by atoms with van der Waals surface area (Å²) >= 11 is 0. The highest BCUT2D eigenvalue weighted by Crippen LogP contribution is 2.28. The molecule has 2 saturated heterocycles. The van der Waals surface area contributed by atoms with Crippen LogP contribution in [0.25, 0.3) is 0 Å². The van der Waals surface area contributed by atoms with E-state index in [2.05, 4.69) is 4.84 Å². The van der Waals surface area contributed by atoms with Gasteiger partial charge in [0.25, 0.3) is 5.09 Å². The number of hydrogen-bond acceptors (Lipinski definition) is 7. The first-order valence-corrected chi connectivity index (χ1v) is 5.98. The minimum Gasteiger partial charge on any atom is -0.388 e. The quantitative estimate of drug-likeness (QED) is 0.376. The van der Waals surface area contributed by atoms with Gasteiger partial charge >= 0.3 is 0 Å². The van der Waals surface area contributed by atoms with Crippen LogP contribution in [-0.2, 0) is 19.0 Å². The highest BCUT2D eigenvalue weighted by atomic mass is 16.9. The molecule has 0 aromatic carbocycles. The second-order valence-electron chi connectivity index (χ2n) is 4.34. The lowest BCUT2D eigenvalue weighted by molar-refractivity contribution is -0.757. The van der Waals surface area contributed by atoms with Gasteiger partial charge in [0, 0.05) is 6.61 Å². The maximum atomic E-state index is 9.89. The third-order valence-electron chi connectivity index (χ3n) is 3.05. The lowest BCUT2D eigenvalue weighted by Gasteiger charge is -2.16. The molecule has 0 aliphatic carbocycles. The molecule has 2 rings (SSSR count). The first-order valence-electron chi connectivity index (χ1n) is 5.98.